The number of aromatic nitrogens is 2. The largest absolute Gasteiger partial charge is 0.369 e. The maximum atomic E-state index is 13.6. The Kier molecular flexibility index (Phi) is 6.29. The highest BCUT2D eigenvalue weighted by atomic mass is 19.2. The molecule has 0 aliphatic carbocycles. The van der Waals surface area contributed by atoms with E-state index in [1.165, 1.54) is 6.07 Å². The van der Waals surface area contributed by atoms with Gasteiger partial charge in [0, 0.05) is 6.54 Å². The number of hydrogen-bond acceptors (Lipinski definition) is 5. The number of nitrogens with one attached hydrogen (secondary N) is 2. The predicted molar refractivity (Wildman–Crippen MR) is 88.0 cm³/mol. The van der Waals surface area contributed by atoms with Crippen LogP contribution in [0.1, 0.15) is 16.9 Å². The van der Waals surface area contributed by atoms with Gasteiger partial charge in [0.15, 0.2) is 23.1 Å². The van der Waals surface area contributed by atoms with E-state index < -0.39 is 29.0 Å². The van der Waals surface area contributed by atoms with E-state index in [1.807, 2.05) is 14.1 Å². The van der Waals surface area contributed by atoms with Crippen molar-refractivity contribution < 1.29 is 18.0 Å². The third-order valence-electron chi connectivity index (χ3n) is 3.27. The lowest BCUT2D eigenvalue weighted by Gasteiger charge is -2.10. The Hall–Kier alpha value is -2.68. The van der Waals surface area contributed by atoms with Crippen LogP contribution in [0.4, 0.5) is 24.7 Å². The molecule has 1 heterocycles. The Labute approximate surface area is 143 Å². The van der Waals surface area contributed by atoms with E-state index in [2.05, 4.69) is 25.7 Å². The van der Waals surface area contributed by atoms with Crippen LogP contribution in [0, 0.1) is 17.5 Å². The molecule has 0 bridgehead atoms. The van der Waals surface area contributed by atoms with Gasteiger partial charge >= 0.3 is 0 Å². The predicted octanol–water partition coefficient (Wildman–Crippen LogP) is 2.51. The molecule has 2 N–H and O–H groups in total. The lowest BCUT2D eigenvalue weighted by molar-refractivity contribution is 0.102. The molecule has 2 rings (SSSR count). The molecule has 0 fully saturated rings. The minimum absolute atomic E-state index is 0.0806. The highest BCUT2D eigenvalue weighted by Gasteiger charge is 2.16. The summed E-state index contributed by atoms with van der Waals surface area (Å²) in [5, 5.41) is 12.8. The molecule has 0 aliphatic rings. The van der Waals surface area contributed by atoms with E-state index in [1.54, 1.807) is 6.07 Å². The number of hydrogen-bond donors (Lipinski definition) is 2. The van der Waals surface area contributed by atoms with Gasteiger partial charge in [-0.1, -0.05) is 0 Å². The molecule has 9 heteroatoms. The quantitative estimate of drug-likeness (QED) is 0.591. The Bertz CT molecular complexity index is 737. The zero-order valence-electron chi connectivity index (χ0n) is 13.8. The second kappa shape index (κ2) is 8.43. The summed E-state index contributed by atoms with van der Waals surface area (Å²) in [4.78, 5) is 14.0. The molecule has 0 atom stereocenters. The van der Waals surface area contributed by atoms with Gasteiger partial charge in [0.1, 0.15) is 5.82 Å². The van der Waals surface area contributed by atoms with Crippen LogP contribution in [0.5, 0.6) is 0 Å². The zero-order valence-corrected chi connectivity index (χ0v) is 13.8. The van der Waals surface area contributed by atoms with Gasteiger partial charge in [0.2, 0.25) is 0 Å². The van der Waals surface area contributed by atoms with Crippen LogP contribution < -0.4 is 10.6 Å². The topological polar surface area (TPSA) is 70.2 Å². The summed E-state index contributed by atoms with van der Waals surface area (Å²) in [6.45, 7) is 1.61. The smallest absolute Gasteiger partial charge is 0.276 e. The molecule has 2 aromatic rings. The fourth-order valence-electron chi connectivity index (χ4n) is 1.97. The zero-order chi connectivity index (χ0) is 18.4. The fourth-order valence-corrected chi connectivity index (χ4v) is 1.97. The lowest BCUT2D eigenvalue weighted by atomic mass is 10.2. The Morgan fingerprint density at radius 3 is 2.48 bits per heavy atom. The van der Waals surface area contributed by atoms with E-state index in [9.17, 15) is 18.0 Å². The normalized spacial score (nSPS) is 10.8. The van der Waals surface area contributed by atoms with E-state index in [4.69, 9.17) is 0 Å². The number of carbonyl (C=O) groups excluding carboxylic acids is 1. The molecule has 0 radical (unpaired) electrons. The van der Waals surface area contributed by atoms with Crippen molar-refractivity contribution in [1.82, 2.24) is 15.1 Å². The minimum atomic E-state index is -1.65. The summed E-state index contributed by atoms with van der Waals surface area (Å²) in [7, 11) is 3.95. The highest BCUT2D eigenvalue weighted by Crippen LogP contribution is 2.20. The number of benzene rings is 1. The average molecular weight is 353 g/mol. The van der Waals surface area contributed by atoms with Gasteiger partial charge in [-0.05, 0) is 51.3 Å². The molecule has 0 saturated heterocycles. The second-order valence-corrected chi connectivity index (χ2v) is 5.56. The average Bonchev–Trinajstić information content (AvgIpc) is 2.59. The summed E-state index contributed by atoms with van der Waals surface area (Å²) in [5.41, 5.74) is -0.556. The van der Waals surface area contributed by atoms with Crippen LogP contribution in [-0.2, 0) is 0 Å². The third kappa shape index (κ3) is 5.15. The molecule has 1 aromatic heterocycles. The Morgan fingerprint density at radius 1 is 1.08 bits per heavy atom. The second-order valence-electron chi connectivity index (χ2n) is 5.56. The van der Waals surface area contributed by atoms with E-state index in [-0.39, 0.29) is 5.69 Å². The molecule has 0 saturated carbocycles. The first kappa shape index (κ1) is 18.7. The summed E-state index contributed by atoms with van der Waals surface area (Å²) < 4.78 is 39.6. The van der Waals surface area contributed by atoms with E-state index >= 15 is 0 Å². The summed E-state index contributed by atoms with van der Waals surface area (Å²) in [6, 6.07) is 4.60. The maximum absolute atomic E-state index is 13.6. The fraction of sp³-hybridized carbons (Fsp3) is 0.312. The van der Waals surface area contributed by atoms with Crippen molar-refractivity contribution in [3.05, 3.63) is 47.4 Å². The van der Waals surface area contributed by atoms with Crippen molar-refractivity contribution in [1.29, 1.82) is 0 Å². The molecule has 6 nitrogen and oxygen atoms in total. The number of nitrogens with zero attached hydrogens (tertiary/aromatic N) is 3. The van der Waals surface area contributed by atoms with Gasteiger partial charge < -0.3 is 15.5 Å². The third-order valence-corrected chi connectivity index (χ3v) is 3.27. The first-order valence-electron chi connectivity index (χ1n) is 7.55. The van der Waals surface area contributed by atoms with Crippen molar-refractivity contribution >= 4 is 17.4 Å². The molecule has 1 amide bonds. The Balaban J connectivity index is 1.95. The Morgan fingerprint density at radius 2 is 1.84 bits per heavy atom. The van der Waals surface area contributed by atoms with Crippen molar-refractivity contribution in [2.45, 2.75) is 6.42 Å². The number of amides is 1. The molecule has 0 spiro atoms. The minimum Gasteiger partial charge on any atom is -0.369 e. The summed E-state index contributed by atoms with van der Waals surface area (Å²) in [5.74, 6) is -4.74. The van der Waals surface area contributed by atoms with Crippen LogP contribution in [0.15, 0.2) is 24.3 Å². The first-order valence-corrected chi connectivity index (χ1v) is 7.55. The van der Waals surface area contributed by atoms with Gasteiger partial charge in [-0.15, -0.1) is 10.2 Å². The van der Waals surface area contributed by atoms with E-state index in [0.29, 0.717) is 12.4 Å². The van der Waals surface area contributed by atoms with Crippen molar-refractivity contribution in [3.8, 4) is 0 Å². The SMILES string of the molecule is CN(C)CCCNc1ccc(C(=O)Nc2ccc(F)c(F)c2F)nn1. The molecule has 0 unspecified atom stereocenters. The molecule has 134 valence electrons. The molecule has 0 aliphatic heterocycles. The van der Waals surface area contributed by atoms with Crippen molar-refractivity contribution in [3.63, 3.8) is 0 Å². The molecule has 25 heavy (non-hydrogen) atoms. The van der Waals surface area contributed by atoms with Crippen LogP contribution in [0.25, 0.3) is 0 Å². The first-order chi connectivity index (χ1) is 11.9. The van der Waals surface area contributed by atoms with Crippen LogP contribution in [0.3, 0.4) is 0 Å². The monoisotopic (exact) mass is 353 g/mol. The van der Waals surface area contributed by atoms with Gasteiger partial charge in [-0.2, -0.15) is 0 Å². The molecular formula is C16H18F3N5O. The molecular weight excluding hydrogens is 335 g/mol. The van der Waals surface area contributed by atoms with Crippen molar-refractivity contribution in [2.24, 2.45) is 0 Å². The van der Waals surface area contributed by atoms with E-state index in [0.717, 1.165) is 25.1 Å². The number of anilines is 2. The highest BCUT2D eigenvalue weighted by molar-refractivity contribution is 6.02. The van der Waals surface area contributed by atoms with Crippen LogP contribution in [0.2, 0.25) is 0 Å². The maximum Gasteiger partial charge on any atom is 0.276 e. The summed E-state index contributed by atoms with van der Waals surface area (Å²) >= 11 is 0. The molecule has 1 aromatic carbocycles. The van der Waals surface area contributed by atoms with Gasteiger partial charge in [0.05, 0.1) is 5.69 Å². The van der Waals surface area contributed by atoms with Gasteiger partial charge in [-0.25, -0.2) is 13.2 Å². The number of rotatable bonds is 7. The van der Waals surface area contributed by atoms with Crippen molar-refractivity contribution in [2.75, 3.05) is 37.8 Å². The standard InChI is InChI=1S/C16H18F3N5O/c1-24(2)9-3-8-20-13-7-6-12(22-23-13)16(25)21-11-5-4-10(17)14(18)15(11)19/h4-7H,3,8-9H2,1-2H3,(H,20,23)(H,21,25). The lowest BCUT2D eigenvalue weighted by Crippen LogP contribution is -2.18. The van der Waals surface area contributed by atoms with Gasteiger partial charge in [0.25, 0.3) is 5.91 Å². The van der Waals surface area contributed by atoms with Gasteiger partial charge in [-0.3, -0.25) is 4.79 Å². The summed E-state index contributed by atoms with van der Waals surface area (Å²) in [6.07, 6.45) is 0.909. The van der Waals surface area contributed by atoms with Crippen LogP contribution in [-0.4, -0.2) is 48.2 Å². The van der Waals surface area contributed by atoms with Crippen LogP contribution >= 0.6 is 0 Å². The number of carbonyl (C=O) groups is 1. The number of halogens is 3.